The molecular weight excluding hydrogens is 236 g/mol. The van der Waals surface area contributed by atoms with Gasteiger partial charge < -0.3 is 10.2 Å². The third kappa shape index (κ3) is 2.72. The molecule has 1 aliphatic heterocycles. The molecule has 1 N–H and O–H groups in total. The number of benzene rings is 1. The van der Waals surface area contributed by atoms with Crippen molar-refractivity contribution in [1.82, 2.24) is 9.78 Å². The summed E-state index contributed by atoms with van der Waals surface area (Å²) < 4.78 is 1.81. The summed E-state index contributed by atoms with van der Waals surface area (Å²) in [5.74, 6) is 0.929. The van der Waals surface area contributed by atoms with Crippen LogP contribution in [0.2, 0.25) is 0 Å². The van der Waals surface area contributed by atoms with Crippen molar-refractivity contribution in [2.45, 2.75) is 19.4 Å². The predicted molar refractivity (Wildman–Crippen MR) is 78.4 cm³/mol. The number of hydrogen-bond donors (Lipinski definition) is 1. The van der Waals surface area contributed by atoms with E-state index < -0.39 is 0 Å². The first-order valence-electron chi connectivity index (χ1n) is 6.89. The lowest BCUT2D eigenvalue weighted by atomic mass is 10.1. The van der Waals surface area contributed by atoms with Crippen LogP contribution in [0.25, 0.3) is 0 Å². The third-order valence-corrected chi connectivity index (χ3v) is 3.61. The Labute approximate surface area is 114 Å². The summed E-state index contributed by atoms with van der Waals surface area (Å²) in [6, 6.07) is 10.6. The van der Waals surface area contributed by atoms with Crippen molar-refractivity contribution in [2.24, 2.45) is 7.05 Å². The maximum absolute atomic E-state index is 4.34. The third-order valence-electron chi connectivity index (χ3n) is 3.61. The first-order valence-corrected chi connectivity index (χ1v) is 6.89. The quantitative estimate of drug-likeness (QED) is 0.913. The van der Waals surface area contributed by atoms with Gasteiger partial charge in [0, 0.05) is 44.6 Å². The zero-order chi connectivity index (χ0) is 13.1. The van der Waals surface area contributed by atoms with Crippen LogP contribution in [0.15, 0.2) is 36.5 Å². The largest absolute Gasteiger partial charge is 0.371 e. The van der Waals surface area contributed by atoms with E-state index in [0.717, 1.165) is 12.4 Å². The second-order valence-electron chi connectivity index (χ2n) is 5.05. The van der Waals surface area contributed by atoms with Crippen LogP contribution >= 0.6 is 0 Å². The molecule has 0 atom stereocenters. The van der Waals surface area contributed by atoms with Crippen LogP contribution < -0.4 is 10.2 Å². The molecule has 1 fully saturated rings. The summed E-state index contributed by atoms with van der Waals surface area (Å²) >= 11 is 0. The lowest BCUT2D eigenvalue weighted by Gasteiger charge is -2.21. The maximum Gasteiger partial charge on any atom is 0.148 e. The van der Waals surface area contributed by atoms with Gasteiger partial charge in [-0.3, -0.25) is 4.68 Å². The molecule has 1 saturated heterocycles. The Hall–Kier alpha value is -1.97. The molecule has 1 aromatic carbocycles. The first-order chi connectivity index (χ1) is 9.33. The normalized spacial score (nSPS) is 14.9. The van der Waals surface area contributed by atoms with Gasteiger partial charge in [-0.25, -0.2) is 0 Å². The molecule has 100 valence electrons. The van der Waals surface area contributed by atoms with Gasteiger partial charge in [0.25, 0.3) is 0 Å². The Balaban J connectivity index is 1.73. The van der Waals surface area contributed by atoms with E-state index in [2.05, 4.69) is 39.6 Å². The molecule has 0 aliphatic carbocycles. The summed E-state index contributed by atoms with van der Waals surface area (Å²) in [7, 11) is 1.93. The summed E-state index contributed by atoms with van der Waals surface area (Å²) in [5.41, 5.74) is 2.71. The van der Waals surface area contributed by atoms with E-state index in [4.69, 9.17) is 0 Å². The van der Waals surface area contributed by atoms with Crippen molar-refractivity contribution < 1.29 is 0 Å². The lowest BCUT2D eigenvalue weighted by Crippen LogP contribution is -2.19. The van der Waals surface area contributed by atoms with Crippen LogP contribution in [-0.2, 0) is 13.6 Å². The molecule has 0 spiro atoms. The van der Waals surface area contributed by atoms with Crippen LogP contribution in [0.4, 0.5) is 11.5 Å². The molecule has 0 bridgehead atoms. The minimum Gasteiger partial charge on any atom is -0.371 e. The molecular formula is C15H20N4. The van der Waals surface area contributed by atoms with E-state index in [0.29, 0.717) is 0 Å². The SMILES string of the molecule is Cn1ccc(NCc2ccccc2N2CCCC2)n1. The van der Waals surface area contributed by atoms with Gasteiger partial charge in [0.15, 0.2) is 0 Å². The van der Waals surface area contributed by atoms with Crippen LogP contribution in [-0.4, -0.2) is 22.9 Å². The zero-order valence-electron chi connectivity index (χ0n) is 11.3. The highest BCUT2D eigenvalue weighted by Crippen LogP contribution is 2.24. The smallest absolute Gasteiger partial charge is 0.148 e. The molecule has 0 unspecified atom stereocenters. The van der Waals surface area contributed by atoms with E-state index in [-0.39, 0.29) is 0 Å². The van der Waals surface area contributed by atoms with E-state index in [1.807, 2.05) is 24.0 Å². The number of rotatable bonds is 4. The molecule has 2 aromatic rings. The van der Waals surface area contributed by atoms with Gasteiger partial charge in [0.1, 0.15) is 5.82 Å². The van der Waals surface area contributed by atoms with Crippen LogP contribution in [0, 0.1) is 0 Å². The van der Waals surface area contributed by atoms with Gasteiger partial charge in [-0.05, 0) is 24.5 Å². The van der Waals surface area contributed by atoms with Crippen molar-refractivity contribution >= 4 is 11.5 Å². The van der Waals surface area contributed by atoms with E-state index in [1.54, 1.807) is 0 Å². The number of hydrogen-bond acceptors (Lipinski definition) is 3. The number of aryl methyl sites for hydroxylation is 1. The number of nitrogens with zero attached hydrogens (tertiary/aromatic N) is 3. The Morgan fingerprint density at radius 3 is 2.68 bits per heavy atom. The average Bonchev–Trinajstić information content (AvgIpc) is 3.08. The number of aromatic nitrogens is 2. The highest BCUT2D eigenvalue weighted by Gasteiger charge is 2.15. The van der Waals surface area contributed by atoms with Gasteiger partial charge in [0.2, 0.25) is 0 Å². The Bertz CT molecular complexity index is 541. The predicted octanol–water partition coefficient (Wildman–Crippen LogP) is 2.63. The second-order valence-corrected chi connectivity index (χ2v) is 5.05. The standard InChI is InChI=1S/C15H20N4/c1-18-11-8-15(17-18)16-12-13-6-2-3-7-14(13)19-9-4-5-10-19/h2-3,6-8,11H,4-5,9-10,12H2,1H3,(H,16,17). The molecule has 4 nitrogen and oxygen atoms in total. The monoisotopic (exact) mass is 256 g/mol. The molecule has 0 saturated carbocycles. The summed E-state index contributed by atoms with van der Waals surface area (Å²) in [5, 5.41) is 7.73. The molecule has 4 heteroatoms. The Morgan fingerprint density at radius 2 is 1.95 bits per heavy atom. The Kier molecular flexibility index (Phi) is 3.40. The second kappa shape index (κ2) is 5.34. The highest BCUT2D eigenvalue weighted by atomic mass is 15.3. The highest BCUT2D eigenvalue weighted by molar-refractivity contribution is 5.55. The van der Waals surface area contributed by atoms with Crippen LogP contribution in [0.3, 0.4) is 0 Å². The molecule has 3 rings (SSSR count). The fourth-order valence-electron chi connectivity index (χ4n) is 2.62. The lowest BCUT2D eigenvalue weighted by molar-refractivity contribution is 0.768. The van der Waals surface area contributed by atoms with E-state index in [9.17, 15) is 0 Å². The molecule has 1 aliphatic rings. The van der Waals surface area contributed by atoms with Crippen LogP contribution in [0.5, 0.6) is 0 Å². The average molecular weight is 256 g/mol. The topological polar surface area (TPSA) is 33.1 Å². The van der Waals surface area contributed by atoms with Crippen molar-refractivity contribution in [3.63, 3.8) is 0 Å². The molecule has 0 amide bonds. The van der Waals surface area contributed by atoms with Crippen molar-refractivity contribution in [3.8, 4) is 0 Å². The minimum absolute atomic E-state index is 0.823. The Morgan fingerprint density at radius 1 is 1.16 bits per heavy atom. The van der Waals surface area contributed by atoms with Crippen molar-refractivity contribution in [3.05, 3.63) is 42.1 Å². The summed E-state index contributed by atoms with van der Waals surface area (Å²) in [6.07, 6.45) is 4.57. The van der Waals surface area contributed by atoms with Gasteiger partial charge in [-0.15, -0.1) is 0 Å². The summed E-state index contributed by atoms with van der Waals surface area (Å²) in [6.45, 7) is 3.19. The number of nitrogens with one attached hydrogen (secondary N) is 1. The van der Waals surface area contributed by atoms with E-state index >= 15 is 0 Å². The van der Waals surface area contributed by atoms with Gasteiger partial charge >= 0.3 is 0 Å². The first kappa shape index (κ1) is 12.1. The summed E-state index contributed by atoms with van der Waals surface area (Å²) in [4.78, 5) is 2.48. The van der Waals surface area contributed by atoms with Gasteiger partial charge in [-0.2, -0.15) is 5.10 Å². The van der Waals surface area contributed by atoms with Crippen molar-refractivity contribution in [2.75, 3.05) is 23.3 Å². The fraction of sp³-hybridized carbons (Fsp3) is 0.400. The fourth-order valence-corrected chi connectivity index (χ4v) is 2.62. The molecule has 1 aromatic heterocycles. The maximum atomic E-state index is 4.34. The zero-order valence-corrected chi connectivity index (χ0v) is 11.3. The molecule has 0 radical (unpaired) electrons. The minimum atomic E-state index is 0.823. The number of anilines is 2. The van der Waals surface area contributed by atoms with Gasteiger partial charge in [0.05, 0.1) is 0 Å². The molecule has 19 heavy (non-hydrogen) atoms. The number of para-hydroxylation sites is 1. The van der Waals surface area contributed by atoms with Gasteiger partial charge in [-0.1, -0.05) is 18.2 Å². The van der Waals surface area contributed by atoms with E-state index in [1.165, 1.54) is 37.2 Å². The molecule has 2 heterocycles. The van der Waals surface area contributed by atoms with Crippen LogP contribution in [0.1, 0.15) is 18.4 Å². The van der Waals surface area contributed by atoms with Crippen molar-refractivity contribution in [1.29, 1.82) is 0 Å².